The van der Waals surface area contributed by atoms with Gasteiger partial charge in [0, 0.05) is 17.9 Å². The SMILES string of the molecule is CCOC(=O)C(Cc1ccccc1)N(C=O)c1cc(Cl)c2c(c1O)C(=O)OC(C)C2. The number of cyclic esters (lactones) is 1. The first-order valence-corrected chi connectivity index (χ1v) is 9.94. The summed E-state index contributed by atoms with van der Waals surface area (Å²) in [6, 6.07) is 9.40. The van der Waals surface area contributed by atoms with Crippen molar-refractivity contribution in [1.82, 2.24) is 0 Å². The number of halogens is 1. The number of phenolic OH excluding ortho intramolecular Hbond substituents is 1. The molecule has 1 amide bonds. The molecule has 0 bridgehead atoms. The minimum Gasteiger partial charge on any atom is -0.505 e. The van der Waals surface area contributed by atoms with Gasteiger partial charge in [0.25, 0.3) is 0 Å². The number of nitrogens with zero attached hydrogens (tertiary/aromatic N) is 1. The van der Waals surface area contributed by atoms with Crippen molar-refractivity contribution in [2.75, 3.05) is 11.5 Å². The van der Waals surface area contributed by atoms with Crippen LogP contribution in [-0.4, -0.2) is 42.2 Å². The van der Waals surface area contributed by atoms with Gasteiger partial charge in [-0.25, -0.2) is 9.59 Å². The van der Waals surface area contributed by atoms with Gasteiger partial charge in [-0.2, -0.15) is 0 Å². The number of hydrogen-bond acceptors (Lipinski definition) is 6. The van der Waals surface area contributed by atoms with E-state index in [1.54, 1.807) is 13.8 Å². The van der Waals surface area contributed by atoms with Crippen LogP contribution in [0, 0.1) is 0 Å². The van der Waals surface area contributed by atoms with Gasteiger partial charge in [0.05, 0.1) is 12.3 Å². The third-order valence-corrected chi connectivity index (χ3v) is 5.23. The quantitative estimate of drug-likeness (QED) is 0.534. The molecular weight excluding hydrogens is 410 g/mol. The van der Waals surface area contributed by atoms with Gasteiger partial charge in [-0.05, 0) is 31.0 Å². The predicted octanol–water partition coefficient (Wildman–Crippen LogP) is 3.28. The molecule has 3 rings (SSSR count). The Hall–Kier alpha value is -3.06. The van der Waals surface area contributed by atoms with Crippen molar-refractivity contribution >= 4 is 35.6 Å². The number of ether oxygens (including phenoxy) is 2. The second kappa shape index (κ2) is 9.17. The van der Waals surface area contributed by atoms with E-state index in [0.29, 0.717) is 18.4 Å². The largest absolute Gasteiger partial charge is 0.505 e. The van der Waals surface area contributed by atoms with Gasteiger partial charge in [0.2, 0.25) is 6.41 Å². The number of aromatic hydroxyl groups is 1. The first kappa shape index (κ1) is 21.6. The van der Waals surface area contributed by atoms with E-state index in [1.807, 2.05) is 30.3 Å². The molecule has 2 aromatic rings. The minimum atomic E-state index is -1.07. The van der Waals surface area contributed by atoms with E-state index >= 15 is 0 Å². The average molecular weight is 432 g/mol. The number of rotatable bonds is 7. The van der Waals surface area contributed by atoms with E-state index in [9.17, 15) is 19.5 Å². The van der Waals surface area contributed by atoms with Crippen molar-refractivity contribution in [3.63, 3.8) is 0 Å². The smallest absolute Gasteiger partial charge is 0.342 e. The summed E-state index contributed by atoms with van der Waals surface area (Å²) >= 11 is 6.38. The fraction of sp³-hybridized carbons (Fsp3) is 0.318. The number of benzene rings is 2. The lowest BCUT2D eigenvalue weighted by Crippen LogP contribution is -2.43. The number of anilines is 1. The average Bonchev–Trinajstić information content (AvgIpc) is 2.71. The lowest BCUT2D eigenvalue weighted by atomic mass is 9.96. The molecule has 0 saturated heterocycles. The minimum absolute atomic E-state index is 0.0609. The normalized spacial score (nSPS) is 16.2. The lowest BCUT2D eigenvalue weighted by molar-refractivity contribution is -0.145. The molecule has 8 heteroatoms. The number of carbonyl (C=O) groups excluding carboxylic acids is 3. The zero-order valence-corrected chi connectivity index (χ0v) is 17.4. The van der Waals surface area contributed by atoms with Gasteiger partial charge in [-0.15, -0.1) is 0 Å². The molecule has 158 valence electrons. The van der Waals surface area contributed by atoms with E-state index in [2.05, 4.69) is 0 Å². The maximum Gasteiger partial charge on any atom is 0.342 e. The maximum atomic E-state index is 12.7. The molecule has 0 aromatic heterocycles. The first-order valence-electron chi connectivity index (χ1n) is 9.56. The van der Waals surface area contributed by atoms with Gasteiger partial charge in [-0.3, -0.25) is 9.69 Å². The summed E-state index contributed by atoms with van der Waals surface area (Å²) in [4.78, 5) is 38.2. The van der Waals surface area contributed by atoms with Crippen LogP contribution in [0.4, 0.5) is 5.69 Å². The Balaban J connectivity index is 2.08. The second-order valence-electron chi connectivity index (χ2n) is 6.97. The molecule has 1 heterocycles. The monoisotopic (exact) mass is 431 g/mol. The zero-order valence-electron chi connectivity index (χ0n) is 16.6. The van der Waals surface area contributed by atoms with Crippen LogP contribution >= 0.6 is 11.6 Å². The van der Waals surface area contributed by atoms with Crippen LogP contribution < -0.4 is 4.90 Å². The van der Waals surface area contributed by atoms with Gasteiger partial charge in [-0.1, -0.05) is 41.9 Å². The highest BCUT2D eigenvalue weighted by Gasteiger charge is 2.35. The molecule has 2 unspecified atom stereocenters. The summed E-state index contributed by atoms with van der Waals surface area (Å²) < 4.78 is 10.4. The highest BCUT2D eigenvalue weighted by molar-refractivity contribution is 6.32. The summed E-state index contributed by atoms with van der Waals surface area (Å²) in [5.74, 6) is -1.83. The zero-order chi connectivity index (χ0) is 21.8. The Kier molecular flexibility index (Phi) is 6.62. The van der Waals surface area contributed by atoms with Crippen molar-refractivity contribution in [3.8, 4) is 5.75 Å². The standard InChI is InChI=1S/C22H22ClNO6/c1-3-29-21(27)18(10-14-7-5-4-6-8-14)24(12-25)17-11-16(23)15-9-13(2)30-22(28)19(15)20(17)26/h4-8,11-13,18,26H,3,9-10H2,1-2H3. The maximum absolute atomic E-state index is 12.7. The Morgan fingerprint density at radius 2 is 2.10 bits per heavy atom. The van der Waals surface area contributed by atoms with Crippen LogP contribution in [0.5, 0.6) is 5.75 Å². The van der Waals surface area contributed by atoms with Crippen molar-refractivity contribution in [2.24, 2.45) is 0 Å². The lowest BCUT2D eigenvalue weighted by Gasteiger charge is -2.30. The third-order valence-electron chi connectivity index (χ3n) is 4.89. The Labute approximate surface area is 179 Å². The molecule has 1 aliphatic heterocycles. The van der Waals surface area contributed by atoms with Gasteiger partial charge >= 0.3 is 11.9 Å². The van der Waals surface area contributed by atoms with Crippen molar-refractivity contribution < 1.29 is 29.0 Å². The van der Waals surface area contributed by atoms with Crippen LogP contribution in [0.1, 0.15) is 35.3 Å². The fourth-order valence-electron chi connectivity index (χ4n) is 3.52. The molecule has 30 heavy (non-hydrogen) atoms. The van der Waals surface area contributed by atoms with Crippen LogP contribution in [-0.2, 0) is 31.9 Å². The summed E-state index contributed by atoms with van der Waals surface area (Å²) in [5, 5.41) is 11.0. The summed E-state index contributed by atoms with van der Waals surface area (Å²) in [5.41, 5.74) is 1.08. The van der Waals surface area contributed by atoms with E-state index in [4.69, 9.17) is 21.1 Å². The van der Waals surface area contributed by atoms with E-state index in [0.717, 1.165) is 10.5 Å². The number of amides is 1. The number of esters is 2. The van der Waals surface area contributed by atoms with E-state index in [-0.39, 0.29) is 35.4 Å². The Morgan fingerprint density at radius 3 is 2.73 bits per heavy atom. The molecule has 1 N–H and O–H groups in total. The molecule has 0 spiro atoms. The highest BCUT2D eigenvalue weighted by Crippen LogP contribution is 2.41. The first-order chi connectivity index (χ1) is 14.4. The van der Waals surface area contributed by atoms with Crippen molar-refractivity contribution in [1.29, 1.82) is 0 Å². The number of carbonyl (C=O) groups is 3. The molecule has 0 aliphatic carbocycles. The predicted molar refractivity (Wildman–Crippen MR) is 111 cm³/mol. The summed E-state index contributed by atoms with van der Waals surface area (Å²) in [6.07, 6.45) is 0.507. The summed E-state index contributed by atoms with van der Waals surface area (Å²) in [6.45, 7) is 3.50. The summed E-state index contributed by atoms with van der Waals surface area (Å²) in [7, 11) is 0. The molecule has 0 fully saturated rings. The molecule has 0 radical (unpaired) electrons. The van der Waals surface area contributed by atoms with Crippen molar-refractivity contribution in [3.05, 3.63) is 58.1 Å². The molecule has 1 aliphatic rings. The highest BCUT2D eigenvalue weighted by atomic mass is 35.5. The number of fused-ring (bicyclic) bond motifs is 1. The van der Waals surface area contributed by atoms with Gasteiger partial charge in [0.15, 0.2) is 5.75 Å². The number of phenols is 1. The van der Waals surface area contributed by atoms with E-state index in [1.165, 1.54) is 6.07 Å². The van der Waals surface area contributed by atoms with Crippen LogP contribution in [0.15, 0.2) is 36.4 Å². The van der Waals surface area contributed by atoms with Crippen LogP contribution in [0.25, 0.3) is 0 Å². The third kappa shape index (κ3) is 4.26. The molecule has 7 nitrogen and oxygen atoms in total. The molecule has 2 atom stereocenters. The molecule has 2 aromatic carbocycles. The van der Waals surface area contributed by atoms with E-state index < -0.39 is 23.7 Å². The topological polar surface area (TPSA) is 93.1 Å². The number of hydrogen-bond donors (Lipinski definition) is 1. The molecular formula is C22H22ClNO6. The fourth-order valence-corrected chi connectivity index (χ4v) is 3.80. The van der Waals surface area contributed by atoms with Gasteiger partial charge in [0.1, 0.15) is 17.7 Å². The Morgan fingerprint density at radius 1 is 1.40 bits per heavy atom. The Bertz CT molecular complexity index is 962. The van der Waals surface area contributed by atoms with Crippen LogP contribution in [0.2, 0.25) is 5.02 Å². The molecule has 0 saturated carbocycles. The van der Waals surface area contributed by atoms with Crippen LogP contribution in [0.3, 0.4) is 0 Å². The van der Waals surface area contributed by atoms with Gasteiger partial charge < -0.3 is 14.6 Å². The van der Waals surface area contributed by atoms with Crippen molar-refractivity contribution in [2.45, 2.75) is 38.8 Å². The second-order valence-corrected chi connectivity index (χ2v) is 7.38.